The largest absolute Gasteiger partial charge is 0.507 e. The Labute approximate surface area is 174 Å². The van der Waals surface area contributed by atoms with Gasteiger partial charge in [-0.25, -0.2) is 0 Å². The van der Waals surface area contributed by atoms with Crippen LogP contribution in [0.5, 0.6) is 11.5 Å². The Kier molecular flexibility index (Phi) is 5.22. The van der Waals surface area contributed by atoms with Gasteiger partial charge in [0.25, 0.3) is 5.91 Å². The van der Waals surface area contributed by atoms with E-state index in [0.717, 1.165) is 28.0 Å². The van der Waals surface area contributed by atoms with Crippen LogP contribution >= 0.6 is 0 Å². The number of phenolic OH excluding ortho intramolecular Hbond substituents is 1. The molecule has 2 aromatic carbocycles. The number of fused-ring (bicyclic) bond motifs is 1. The molecule has 1 atom stereocenters. The zero-order valence-electron chi connectivity index (χ0n) is 17.3. The summed E-state index contributed by atoms with van der Waals surface area (Å²) in [5.41, 5.74) is 5.10. The van der Waals surface area contributed by atoms with Crippen LogP contribution in [0.4, 0.5) is 0 Å². The lowest BCUT2D eigenvalue weighted by Crippen LogP contribution is -2.31. The predicted octanol–water partition coefficient (Wildman–Crippen LogP) is 3.34. The van der Waals surface area contributed by atoms with Crippen LogP contribution < -0.4 is 4.74 Å². The quantitative estimate of drug-likeness (QED) is 0.582. The van der Waals surface area contributed by atoms with Crippen molar-refractivity contribution in [3.63, 3.8) is 0 Å². The Morgan fingerprint density at radius 2 is 1.93 bits per heavy atom. The molecular weight excluding hydrogens is 382 g/mol. The number of aromatic amines is 1. The topological polar surface area (TPSA) is 98.7 Å². The summed E-state index contributed by atoms with van der Waals surface area (Å²) >= 11 is 0. The van der Waals surface area contributed by atoms with Gasteiger partial charge in [0.2, 0.25) is 0 Å². The summed E-state index contributed by atoms with van der Waals surface area (Å²) in [7, 11) is 1.61. The van der Waals surface area contributed by atoms with Gasteiger partial charge in [0.05, 0.1) is 13.2 Å². The molecule has 1 unspecified atom stereocenters. The maximum absolute atomic E-state index is 13.2. The van der Waals surface area contributed by atoms with Crippen LogP contribution in [0, 0.1) is 13.8 Å². The molecule has 7 nitrogen and oxygen atoms in total. The van der Waals surface area contributed by atoms with E-state index in [0.29, 0.717) is 29.9 Å². The van der Waals surface area contributed by atoms with Crippen molar-refractivity contribution < 1.29 is 19.7 Å². The van der Waals surface area contributed by atoms with Crippen LogP contribution in [0.1, 0.15) is 45.2 Å². The first-order chi connectivity index (χ1) is 14.5. The minimum Gasteiger partial charge on any atom is -0.507 e. The van der Waals surface area contributed by atoms with E-state index >= 15 is 0 Å². The molecule has 0 saturated heterocycles. The van der Waals surface area contributed by atoms with Crippen LogP contribution in [0.2, 0.25) is 0 Å². The number of phenols is 1. The molecule has 1 aromatic heterocycles. The van der Waals surface area contributed by atoms with Crippen LogP contribution in [-0.2, 0) is 0 Å². The molecule has 3 N–H and O–H groups in total. The fraction of sp³-hybridized carbons (Fsp3) is 0.304. The van der Waals surface area contributed by atoms with E-state index in [2.05, 4.69) is 10.2 Å². The van der Waals surface area contributed by atoms with Crippen molar-refractivity contribution in [1.29, 1.82) is 0 Å². The highest BCUT2D eigenvalue weighted by Gasteiger charge is 2.42. The monoisotopic (exact) mass is 407 g/mol. The number of aliphatic hydroxyl groups is 1. The Morgan fingerprint density at radius 1 is 1.20 bits per heavy atom. The Bertz CT molecular complexity index is 1070. The molecule has 4 rings (SSSR count). The molecule has 0 bridgehead atoms. The van der Waals surface area contributed by atoms with Gasteiger partial charge >= 0.3 is 0 Å². The number of methoxy groups -OCH3 is 1. The minimum atomic E-state index is -0.376. The normalized spacial score (nSPS) is 15.5. The van der Waals surface area contributed by atoms with E-state index in [1.807, 2.05) is 44.2 Å². The third-order valence-electron chi connectivity index (χ3n) is 5.55. The average molecular weight is 407 g/mol. The number of hydrogen-bond acceptors (Lipinski definition) is 5. The second-order valence-electron chi connectivity index (χ2n) is 7.59. The maximum Gasteiger partial charge on any atom is 0.273 e. The third-order valence-corrected chi connectivity index (χ3v) is 5.55. The average Bonchev–Trinajstić information content (AvgIpc) is 3.25. The second-order valence-corrected chi connectivity index (χ2v) is 7.59. The highest BCUT2D eigenvalue weighted by molar-refractivity contribution is 6.00. The van der Waals surface area contributed by atoms with Gasteiger partial charge in [-0.05, 0) is 55.2 Å². The third kappa shape index (κ3) is 3.21. The van der Waals surface area contributed by atoms with Crippen molar-refractivity contribution in [3.05, 3.63) is 64.3 Å². The van der Waals surface area contributed by atoms with Crippen LogP contribution in [0.3, 0.4) is 0 Å². The number of nitrogens with zero attached hydrogens (tertiary/aromatic N) is 2. The van der Waals surface area contributed by atoms with Crippen LogP contribution in [-0.4, -0.2) is 51.5 Å². The number of carbonyl (C=O) groups excluding carboxylic acids is 1. The SMILES string of the molecule is COc1ccc(C2c3c(-c4c(C)cc(C)cc4O)n[nH]c3C(=O)N2CCCO)cc1. The molecule has 0 saturated carbocycles. The molecule has 0 radical (unpaired) electrons. The molecule has 1 aliphatic heterocycles. The summed E-state index contributed by atoms with van der Waals surface area (Å²) in [6.07, 6.45) is 0.472. The first kappa shape index (κ1) is 20.0. The first-order valence-electron chi connectivity index (χ1n) is 9.90. The van der Waals surface area contributed by atoms with Gasteiger partial charge in [-0.15, -0.1) is 0 Å². The van der Waals surface area contributed by atoms with Gasteiger partial charge in [-0.1, -0.05) is 18.2 Å². The van der Waals surface area contributed by atoms with Gasteiger partial charge in [0.15, 0.2) is 0 Å². The van der Waals surface area contributed by atoms with Gasteiger partial charge in [-0.3, -0.25) is 9.89 Å². The number of aromatic hydroxyl groups is 1. The van der Waals surface area contributed by atoms with Gasteiger partial charge in [0.1, 0.15) is 22.9 Å². The molecule has 3 aromatic rings. The standard InChI is InChI=1S/C23H25N3O4/c1-13-11-14(2)18(17(28)12-13)20-19-21(25-24-20)23(29)26(9-4-10-27)22(19)15-5-7-16(30-3)8-6-15/h5-8,11-12,22,27-28H,4,9-10H2,1-3H3,(H,24,25). The lowest BCUT2D eigenvalue weighted by Gasteiger charge is -2.26. The van der Waals surface area contributed by atoms with Crippen molar-refractivity contribution in [3.8, 4) is 22.8 Å². The van der Waals surface area contributed by atoms with E-state index in [1.54, 1.807) is 18.1 Å². The fourth-order valence-corrected chi connectivity index (χ4v) is 4.24. The zero-order chi connectivity index (χ0) is 21.4. The number of carbonyl (C=O) groups is 1. The summed E-state index contributed by atoms with van der Waals surface area (Å²) in [4.78, 5) is 14.9. The number of aliphatic hydroxyl groups excluding tert-OH is 1. The highest BCUT2D eigenvalue weighted by atomic mass is 16.5. The van der Waals surface area contributed by atoms with E-state index in [1.165, 1.54) is 0 Å². The molecule has 0 aliphatic carbocycles. The lowest BCUT2D eigenvalue weighted by molar-refractivity contribution is 0.0732. The number of rotatable bonds is 6. The zero-order valence-corrected chi connectivity index (χ0v) is 17.3. The molecule has 0 fully saturated rings. The number of aryl methyl sites for hydroxylation is 2. The fourth-order valence-electron chi connectivity index (χ4n) is 4.24. The van der Waals surface area contributed by atoms with Crippen molar-refractivity contribution in [2.45, 2.75) is 26.3 Å². The molecule has 7 heteroatoms. The molecule has 2 heterocycles. The number of nitrogens with one attached hydrogen (secondary N) is 1. The first-order valence-corrected chi connectivity index (χ1v) is 9.90. The van der Waals surface area contributed by atoms with Crippen molar-refractivity contribution >= 4 is 5.91 Å². The van der Waals surface area contributed by atoms with Crippen molar-refractivity contribution in [2.75, 3.05) is 20.3 Å². The summed E-state index contributed by atoms with van der Waals surface area (Å²) in [6, 6.07) is 10.9. The van der Waals surface area contributed by atoms with E-state index in [9.17, 15) is 15.0 Å². The minimum absolute atomic E-state index is 0.00396. The maximum atomic E-state index is 13.2. The Balaban J connectivity index is 1.89. The molecule has 0 spiro atoms. The molecule has 156 valence electrons. The summed E-state index contributed by atoms with van der Waals surface area (Å²) < 4.78 is 5.27. The number of amides is 1. The molecular formula is C23H25N3O4. The molecule has 1 amide bonds. The number of H-pyrrole nitrogens is 1. The van der Waals surface area contributed by atoms with Crippen LogP contribution in [0.25, 0.3) is 11.3 Å². The number of aromatic nitrogens is 2. The lowest BCUT2D eigenvalue weighted by atomic mass is 9.93. The number of benzene rings is 2. The summed E-state index contributed by atoms with van der Waals surface area (Å²) in [6.45, 7) is 4.25. The van der Waals surface area contributed by atoms with Gasteiger partial charge in [0, 0.05) is 24.3 Å². The van der Waals surface area contributed by atoms with E-state index in [4.69, 9.17) is 4.74 Å². The van der Waals surface area contributed by atoms with Crippen LogP contribution in [0.15, 0.2) is 36.4 Å². The smallest absolute Gasteiger partial charge is 0.273 e. The second kappa shape index (κ2) is 7.84. The van der Waals surface area contributed by atoms with Gasteiger partial charge in [-0.2, -0.15) is 5.10 Å². The summed E-state index contributed by atoms with van der Waals surface area (Å²) in [5.74, 6) is 0.698. The molecule has 1 aliphatic rings. The Morgan fingerprint density at radius 3 is 2.57 bits per heavy atom. The number of hydrogen-bond donors (Lipinski definition) is 3. The van der Waals surface area contributed by atoms with E-state index in [-0.39, 0.29) is 24.3 Å². The predicted molar refractivity (Wildman–Crippen MR) is 113 cm³/mol. The van der Waals surface area contributed by atoms with Gasteiger partial charge < -0.3 is 19.8 Å². The number of ether oxygens (including phenoxy) is 1. The molecule has 30 heavy (non-hydrogen) atoms. The van der Waals surface area contributed by atoms with E-state index < -0.39 is 0 Å². The summed E-state index contributed by atoms with van der Waals surface area (Å²) in [5, 5.41) is 27.3. The van der Waals surface area contributed by atoms with Crippen molar-refractivity contribution in [1.82, 2.24) is 15.1 Å². The van der Waals surface area contributed by atoms with Crippen molar-refractivity contribution in [2.24, 2.45) is 0 Å². The highest BCUT2D eigenvalue weighted by Crippen LogP contribution is 2.45. The Hall–Kier alpha value is -3.32.